The van der Waals surface area contributed by atoms with E-state index in [0.717, 1.165) is 10.6 Å². The predicted molar refractivity (Wildman–Crippen MR) is 97.6 cm³/mol. The quantitative estimate of drug-likeness (QED) is 0.746. The maximum Gasteiger partial charge on any atom is 0.310 e. The van der Waals surface area contributed by atoms with E-state index in [2.05, 4.69) is 5.32 Å². The first-order chi connectivity index (χ1) is 12.1. The Morgan fingerprint density at radius 1 is 1.20 bits per heavy atom. The predicted octanol–water partition coefficient (Wildman–Crippen LogP) is 3.97. The van der Waals surface area contributed by atoms with Gasteiger partial charge in [-0.15, -0.1) is 0 Å². The SMILES string of the molecule is COc1ccc(NC(=O)CCOC(=O)CC2=CC=C(Cl)CC=C2)cc1. The van der Waals surface area contributed by atoms with Crippen LogP contribution in [0.2, 0.25) is 0 Å². The largest absolute Gasteiger partial charge is 0.497 e. The lowest BCUT2D eigenvalue weighted by atomic mass is 10.1. The molecule has 6 heteroatoms. The second kappa shape index (κ2) is 9.69. The minimum atomic E-state index is -0.375. The van der Waals surface area contributed by atoms with Gasteiger partial charge in [0.25, 0.3) is 0 Å². The summed E-state index contributed by atoms with van der Waals surface area (Å²) in [5.41, 5.74) is 1.48. The van der Waals surface area contributed by atoms with Gasteiger partial charge in [-0.25, -0.2) is 0 Å². The molecule has 1 aromatic carbocycles. The number of nitrogens with one attached hydrogen (secondary N) is 1. The van der Waals surface area contributed by atoms with Crippen molar-refractivity contribution in [3.63, 3.8) is 0 Å². The molecule has 0 unspecified atom stereocenters. The molecule has 1 amide bonds. The normalized spacial score (nSPS) is 13.4. The maximum atomic E-state index is 11.8. The topological polar surface area (TPSA) is 64.6 Å². The third kappa shape index (κ3) is 6.85. The summed E-state index contributed by atoms with van der Waals surface area (Å²) in [7, 11) is 1.58. The Morgan fingerprint density at radius 2 is 1.96 bits per heavy atom. The van der Waals surface area contributed by atoms with E-state index < -0.39 is 0 Å². The zero-order valence-electron chi connectivity index (χ0n) is 14.0. The minimum Gasteiger partial charge on any atom is -0.497 e. The van der Waals surface area contributed by atoms with Crippen LogP contribution in [0.5, 0.6) is 5.75 Å². The molecule has 1 N–H and O–H groups in total. The molecule has 132 valence electrons. The average molecular weight is 362 g/mol. The van der Waals surface area contributed by atoms with Crippen LogP contribution in [0.15, 0.2) is 59.2 Å². The molecule has 0 radical (unpaired) electrons. The number of hydrogen-bond acceptors (Lipinski definition) is 4. The van der Waals surface area contributed by atoms with Gasteiger partial charge < -0.3 is 14.8 Å². The van der Waals surface area contributed by atoms with E-state index in [-0.39, 0.29) is 31.3 Å². The number of hydrogen-bond donors (Lipinski definition) is 1. The van der Waals surface area contributed by atoms with Gasteiger partial charge in [-0.2, -0.15) is 0 Å². The summed E-state index contributed by atoms with van der Waals surface area (Å²) in [6, 6.07) is 6.99. The maximum absolute atomic E-state index is 11.8. The first kappa shape index (κ1) is 18.8. The molecule has 5 nitrogen and oxygen atoms in total. The number of esters is 1. The van der Waals surface area contributed by atoms with Gasteiger partial charge in [-0.05, 0) is 35.9 Å². The Morgan fingerprint density at radius 3 is 2.68 bits per heavy atom. The number of amides is 1. The number of allylic oxidation sites excluding steroid dienone is 5. The summed E-state index contributed by atoms with van der Waals surface area (Å²) in [5.74, 6) is 0.116. The lowest BCUT2D eigenvalue weighted by molar-refractivity contribution is -0.143. The van der Waals surface area contributed by atoms with Crippen molar-refractivity contribution in [2.24, 2.45) is 0 Å². The third-order valence-electron chi connectivity index (χ3n) is 3.44. The highest BCUT2D eigenvalue weighted by Crippen LogP contribution is 2.17. The van der Waals surface area contributed by atoms with Crippen LogP contribution >= 0.6 is 11.6 Å². The number of carbonyl (C=O) groups is 2. The van der Waals surface area contributed by atoms with Crippen molar-refractivity contribution >= 4 is 29.2 Å². The summed E-state index contributed by atoms with van der Waals surface area (Å²) >= 11 is 5.92. The molecule has 1 aromatic rings. The Bertz CT molecular complexity index is 705. The second-order valence-corrected chi connectivity index (χ2v) is 5.87. The molecule has 0 bridgehead atoms. The van der Waals surface area contributed by atoms with Crippen molar-refractivity contribution in [2.45, 2.75) is 19.3 Å². The van der Waals surface area contributed by atoms with E-state index in [0.29, 0.717) is 17.9 Å². The molecule has 0 aromatic heterocycles. The molecule has 0 heterocycles. The standard InChI is InChI=1S/C19H20ClNO4/c1-24-17-9-7-16(8-10-17)21-18(22)11-12-25-19(23)13-14-3-2-4-15(20)6-5-14/h2-3,5-10H,4,11-13H2,1H3,(H,21,22). The highest BCUT2D eigenvalue weighted by molar-refractivity contribution is 6.29. The molecular weight excluding hydrogens is 342 g/mol. The molecule has 0 aliphatic heterocycles. The Hall–Kier alpha value is -2.53. The van der Waals surface area contributed by atoms with Gasteiger partial charge in [0.15, 0.2) is 0 Å². The number of methoxy groups -OCH3 is 1. The van der Waals surface area contributed by atoms with Crippen LogP contribution in [-0.4, -0.2) is 25.6 Å². The smallest absolute Gasteiger partial charge is 0.310 e. The molecule has 1 aliphatic carbocycles. The van der Waals surface area contributed by atoms with E-state index in [9.17, 15) is 9.59 Å². The zero-order chi connectivity index (χ0) is 18.1. The fourth-order valence-electron chi connectivity index (χ4n) is 2.13. The van der Waals surface area contributed by atoms with Crippen LogP contribution in [0.4, 0.5) is 5.69 Å². The average Bonchev–Trinajstić information content (AvgIpc) is 2.80. The van der Waals surface area contributed by atoms with Gasteiger partial charge in [-0.1, -0.05) is 29.8 Å². The molecular formula is C19H20ClNO4. The van der Waals surface area contributed by atoms with Crippen molar-refractivity contribution in [1.29, 1.82) is 0 Å². The van der Waals surface area contributed by atoms with E-state index in [4.69, 9.17) is 21.1 Å². The van der Waals surface area contributed by atoms with Crippen molar-refractivity contribution in [3.8, 4) is 5.75 Å². The van der Waals surface area contributed by atoms with Gasteiger partial charge >= 0.3 is 5.97 Å². The fraction of sp³-hybridized carbons (Fsp3) is 0.263. The van der Waals surface area contributed by atoms with Crippen LogP contribution in [0.1, 0.15) is 19.3 Å². The van der Waals surface area contributed by atoms with Crippen molar-refractivity contribution < 1.29 is 19.1 Å². The summed E-state index contributed by atoms with van der Waals surface area (Å²) < 4.78 is 10.2. The van der Waals surface area contributed by atoms with Crippen LogP contribution in [0, 0.1) is 0 Å². The summed E-state index contributed by atoms with van der Waals surface area (Å²) in [6.07, 6.45) is 8.21. The fourth-order valence-corrected chi connectivity index (χ4v) is 2.29. The van der Waals surface area contributed by atoms with Gasteiger partial charge in [0.05, 0.1) is 20.0 Å². The van der Waals surface area contributed by atoms with Gasteiger partial charge in [-0.3, -0.25) is 9.59 Å². The summed E-state index contributed by atoms with van der Waals surface area (Å²) in [5, 5.41) is 3.45. The number of benzene rings is 1. The highest BCUT2D eigenvalue weighted by Gasteiger charge is 2.09. The van der Waals surface area contributed by atoms with Crippen molar-refractivity contribution in [1.82, 2.24) is 0 Å². The Kier molecular flexibility index (Phi) is 7.29. The lowest BCUT2D eigenvalue weighted by Gasteiger charge is -2.07. The van der Waals surface area contributed by atoms with E-state index >= 15 is 0 Å². The number of ether oxygens (including phenoxy) is 2. The highest BCUT2D eigenvalue weighted by atomic mass is 35.5. The van der Waals surface area contributed by atoms with Gasteiger partial charge in [0.1, 0.15) is 12.4 Å². The molecule has 2 rings (SSSR count). The summed E-state index contributed by atoms with van der Waals surface area (Å²) in [4.78, 5) is 23.7. The second-order valence-electron chi connectivity index (χ2n) is 5.39. The van der Waals surface area contributed by atoms with Crippen LogP contribution < -0.4 is 10.1 Å². The first-order valence-electron chi connectivity index (χ1n) is 7.88. The van der Waals surface area contributed by atoms with Crippen LogP contribution in [0.25, 0.3) is 0 Å². The number of anilines is 1. The number of rotatable bonds is 7. The monoisotopic (exact) mass is 361 g/mol. The van der Waals surface area contributed by atoms with Crippen LogP contribution in [-0.2, 0) is 14.3 Å². The van der Waals surface area contributed by atoms with Crippen molar-refractivity contribution in [3.05, 3.63) is 59.2 Å². The number of carbonyl (C=O) groups excluding carboxylic acids is 2. The molecule has 0 saturated heterocycles. The summed E-state index contributed by atoms with van der Waals surface area (Å²) in [6.45, 7) is 0.0361. The lowest BCUT2D eigenvalue weighted by Crippen LogP contribution is -2.16. The van der Waals surface area contributed by atoms with Gasteiger partial charge in [0, 0.05) is 17.1 Å². The minimum absolute atomic E-state index is 0.0361. The van der Waals surface area contributed by atoms with Gasteiger partial charge in [0.2, 0.25) is 5.91 Å². The van der Waals surface area contributed by atoms with E-state index in [1.165, 1.54) is 0 Å². The molecule has 0 fully saturated rings. The Labute approximate surface area is 152 Å². The van der Waals surface area contributed by atoms with Crippen LogP contribution in [0.3, 0.4) is 0 Å². The molecule has 1 aliphatic rings. The molecule has 0 atom stereocenters. The first-order valence-corrected chi connectivity index (χ1v) is 8.26. The molecule has 25 heavy (non-hydrogen) atoms. The van der Waals surface area contributed by atoms with E-state index in [1.807, 2.05) is 12.2 Å². The third-order valence-corrected chi connectivity index (χ3v) is 3.72. The zero-order valence-corrected chi connectivity index (χ0v) is 14.7. The molecule has 0 spiro atoms. The Balaban J connectivity index is 1.70. The van der Waals surface area contributed by atoms with E-state index in [1.54, 1.807) is 43.5 Å². The van der Waals surface area contributed by atoms with Crippen molar-refractivity contribution in [2.75, 3.05) is 19.0 Å². The number of halogens is 1. The molecule has 0 saturated carbocycles.